The number of Topliss-reactive ketones (excluding diaryl/α,β-unsaturated/α-hetero) is 2. The predicted octanol–water partition coefficient (Wildman–Crippen LogP) is 4.96. The molecule has 5 N–H and O–H groups in total. The van der Waals surface area contributed by atoms with Gasteiger partial charge in [0, 0.05) is 50.1 Å². The maximum Gasteiger partial charge on any atom is 0.246 e. The van der Waals surface area contributed by atoms with Gasteiger partial charge in [-0.25, -0.2) is 0 Å². The Hall–Kier alpha value is -4.90. The summed E-state index contributed by atoms with van der Waals surface area (Å²) in [6.07, 6.45) is 6.00. The summed E-state index contributed by atoms with van der Waals surface area (Å²) in [6.45, 7) is 12.5. The van der Waals surface area contributed by atoms with Gasteiger partial charge in [-0.3, -0.25) is 38.4 Å². The molecule has 9 atom stereocenters. The van der Waals surface area contributed by atoms with Gasteiger partial charge in [0.1, 0.15) is 24.2 Å². The van der Waals surface area contributed by atoms with E-state index in [0.29, 0.717) is 43.5 Å². The average molecular weight is 1030 g/mol. The van der Waals surface area contributed by atoms with Crippen LogP contribution in [0.2, 0.25) is 0 Å². The van der Waals surface area contributed by atoms with E-state index in [1.165, 1.54) is 5.56 Å². The van der Waals surface area contributed by atoms with Crippen molar-refractivity contribution in [2.75, 3.05) is 40.3 Å². The van der Waals surface area contributed by atoms with Crippen LogP contribution in [0.1, 0.15) is 144 Å². The van der Waals surface area contributed by atoms with Crippen LogP contribution in [0, 0.1) is 17.3 Å². The van der Waals surface area contributed by atoms with Crippen LogP contribution in [0.25, 0.3) is 0 Å². The topological polar surface area (TPSA) is 206 Å². The summed E-state index contributed by atoms with van der Waals surface area (Å²) in [6, 6.07) is 9.92. The van der Waals surface area contributed by atoms with Crippen LogP contribution in [0.5, 0.6) is 0 Å². The molecule has 0 radical (unpaired) electrons. The summed E-state index contributed by atoms with van der Waals surface area (Å²) in [5, 5.41) is 14.9. The molecule has 0 saturated carbocycles. The Kier molecular flexibility index (Phi) is 21.6. The van der Waals surface area contributed by atoms with Crippen molar-refractivity contribution in [2.24, 2.45) is 17.3 Å². The smallest absolute Gasteiger partial charge is 0.246 e. The van der Waals surface area contributed by atoms with E-state index in [0.717, 1.165) is 37.7 Å². The summed E-state index contributed by atoms with van der Waals surface area (Å²) in [4.78, 5) is 116. The van der Waals surface area contributed by atoms with Gasteiger partial charge in [0.05, 0.1) is 18.1 Å². The van der Waals surface area contributed by atoms with Gasteiger partial charge in [-0.15, -0.1) is 24.8 Å². The number of benzene rings is 2. The number of fused-ring (bicyclic) bond motifs is 1. The maximum atomic E-state index is 14.7. The fourth-order valence-corrected chi connectivity index (χ4v) is 10.4. The van der Waals surface area contributed by atoms with Crippen LogP contribution in [0.15, 0.2) is 48.5 Å². The van der Waals surface area contributed by atoms with Gasteiger partial charge in [-0.05, 0) is 114 Å². The first-order chi connectivity index (χ1) is 32.8. The van der Waals surface area contributed by atoms with E-state index in [1.807, 2.05) is 45.9 Å². The second kappa shape index (κ2) is 26.2. The van der Waals surface area contributed by atoms with Crippen LogP contribution in [0.3, 0.4) is 0 Å². The molecule has 0 bridgehead atoms. The SMILES string of the molecule is CCC[C@H](NC(=O)[C@H](C)NC)C(=O)N1C[C@@H](CC(=O)c2cccc(C(=O)C[C@H]3C[C@@H](C(=O)N[C@@H]4CCCc5ccccc54)N(C(=O)[C@@H](NC(=O)[C@H](C)NC)C(C)(C)C)C3)c2)C[C@H]1C(=O)N1CCCC1.Cl.Cl. The summed E-state index contributed by atoms with van der Waals surface area (Å²) < 4.78 is 0. The van der Waals surface area contributed by atoms with Crippen molar-refractivity contribution in [1.82, 2.24) is 41.3 Å². The standard InChI is InChI=1S/C53H76N8O8.2ClH/c1-9-16-41(57-47(64)32(2)54-7)50(67)61-31-35(26-43(61)51(68)59-23-12-13-24-59)28-45(63)38-20-14-19-37(29-38)44(62)27-34-25-42(49(66)56-40-22-15-18-36-17-10-11-21-39(36)40)60(30-34)52(69)46(53(4,5)6)58-48(65)33(3)55-8;;/h10-11,14,17,19-21,29,32-35,40-43,46,54-55H,9,12-13,15-16,18,22-28,30-31H2,1-8H3,(H,56,66)(H,57,64)(H,58,65);2*1H/t32-,33-,34+,35+,40+,41-,42-,43-,46+;;/m0../s1. The number of halogens is 2. The molecule has 2 aromatic rings. The number of ketones is 2. The van der Waals surface area contributed by atoms with Gasteiger partial charge in [0.25, 0.3) is 0 Å². The molecular weight excluding hydrogens is 948 g/mol. The Labute approximate surface area is 432 Å². The first-order valence-corrected chi connectivity index (χ1v) is 25.2. The van der Waals surface area contributed by atoms with Crippen molar-refractivity contribution in [2.45, 2.75) is 154 Å². The Morgan fingerprint density at radius 2 is 1.25 bits per heavy atom. The lowest BCUT2D eigenvalue weighted by Crippen LogP contribution is -2.59. The molecule has 6 amide bonds. The Bertz CT molecular complexity index is 2230. The first kappa shape index (κ1) is 58.7. The average Bonchev–Trinajstić information content (AvgIpc) is 4.13. The van der Waals surface area contributed by atoms with Crippen molar-refractivity contribution in [3.05, 3.63) is 70.8 Å². The van der Waals surface area contributed by atoms with Crippen molar-refractivity contribution in [1.29, 1.82) is 0 Å². The lowest BCUT2D eigenvalue weighted by molar-refractivity contribution is -0.145. The number of carbonyl (C=O) groups excluding carboxylic acids is 8. The highest BCUT2D eigenvalue weighted by Gasteiger charge is 2.47. The van der Waals surface area contributed by atoms with Crippen LogP contribution in [0.4, 0.5) is 0 Å². The van der Waals surface area contributed by atoms with Crippen molar-refractivity contribution >= 4 is 71.8 Å². The quantitative estimate of drug-likeness (QED) is 0.120. The highest BCUT2D eigenvalue weighted by atomic mass is 35.5. The molecule has 71 heavy (non-hydrogen) atoms. The number of likely N-dealkylation sites (N-methyl/N-ethyl adjacent to an activating group) is 2. The maximum absolute atomic E-state index is 14.7. The van der Waals surface area contributed by atoms with Crippen LogP contribution < -0.4 is 26.6 Å². The van der Waals surface area contributed by atoms with E-state index in [1.54, 1.807) is 66.9 Å². The van der Waals surface area contributed by atoms with Crippen LogP contribution in [-0.2, 0) is 35.2 Å². The fraction of sp³-hybridized carbons (Fsp3) is 0.623. The molecule has 3 heterocycles. The molecule has 0 aromatic heterocycles. The van der Waals surface area contributed by atoms with Gasteiger partial charge in [0.2, 0.25) is 35.4 Å². The minimum Gasteiger partial charge on any atom is -0.347 e. The number of nitrogens with one attached hydrogen (secondary N) is 5. The Balaban J connectivity index is 0.00000548. The molecule has 3 saturated heterocycles. The predicted molar refractivity (Wildman–Crippen MR) is 277 cm³/mol. The molecule has 1 aliphatic carbocycles. The van der Waals surface area contributed by atoms with Gasteiger partial charge in [-0.2, -0.15) is 0 Å². The summed E-state index contributed by atoms with van der Waals surface area (Å²) >= 11 is 0. The van der Waals surface area contributed by atoms with Crippen molar-refractivity contribution in [3.8, 4) is 0 Å². The van der Waals surface area contributed by atoms with E-state index in [2.05, 4.69) is 32.7 Å². The number of amides is 6. The molecule has 4 aliphatic rings. The number of aryl methyl sites for hydroxylation is 1. The second-order valence-electron chi connectivity index (χ2n) is 20.9. The lowest BCUT2D eigenvalue weighted by Gasteiger charge is -2.36. The summed E-state index contributed by atoms with van der Waals surface area (Å²) in [5.74, 6) is -3.01. The number of nitrogens with zero attached hydrogens (tertiary/aromatic N) is 3. The molecule has 16 nitrogen and oxygen atoms in total. The van der Waals surface area contributed by atoms with E-state index in [4.69, 9.17) is 0 Å². The largest absolute Gasteiger partial charge is 0.347 e. The zero-order chi connectivity index (χ0) is 50.2. The van der Waals surface area contributed by atoms with E-state index in [9.17, 15) is 38.4 Å². The molecule has 3 aliphatic heterocycles. The second-order valence-corrected chi connectivity index (χ2v) is 20.9. The van der Waals surface area contributed by atoms with Gasteiger partial charge < -0.3 is 41.3 Å². The molecular formula is C53H78Cl2N8O8. The highest BCUT2D eigenvalue weighted by Crippen LogP contribution is 2.35. The van der Waals surface area contributed by atoms with Crippen LogP contribution in [-0.4, -0.2) is 138 Å². The molecule has 2 aromatic carbocycles. The normalized spacial score (nSPS) is 22.4. The third-order valence-corrected chi connectivity index (χ3v) is 14.7. The third-order valence-electron chi connectivity index (χ3n) is 14.7. The van der Waals surface area contributed by atoms with Gasteiger partial charge in [-0.1, -0.05) is 76.6 Å². The highest BCUT2D eigenvalue weighted by molar-refractivity contribution is 6.02. The van der Waals surface area contributed by atoms with Gasteiger partial charge >= 0.3 is 0 Å². The molecule has 0 unspecified atom stereocenters. The number of hydrogen-bond donors (Lipinski definition) is 5. The monoisotopic (exact) mass is 1020 g/mol. The molecule has 0 spiro atoms. The Morgan fingerprint density at radius 1 is 0.704 bits per heavy atom. The molecule has 6 rings (SSSR count). The van der Waals surface area contributed by atoms with Crippen LogP contribution >= 0.6 is 24.8 Å². The number of likely N-dealkylation sites (tertiary alicyclic amines) is 3. The van der Waals surface area contributed by atoms with Gasteiger partial charge in [0.15, 0.2) is 11.6 Å². The zero-order valence-electron chi connectivity index (χ0n) is 42.8. The minimum absolute atomic E-state index is 0. The third kappa shape index (κ3) is 14.4. The van der Waals surface area contributed by atoms with E-state index in [-0.39, 0.29) is 110 Å². The summed E-state index contributed by atoms with van der Waals surface area (Å²) in [5.41, 5.74) is 2.19. The van der Waals surface area contributed by atoms with E-state index >= 15 is 0 Å². The number of rotatable bonds is 19. The minimum atomic E-state index is -0.951. The molecule has 3 fully saturated rings. The Morgan fingerprint density at radius 3 is 1.82 bits per heavy atom. The summed E-state index contributed by atoms with van der Waals surface area (Å²) in [7, 11) is 3.33. The first-order valence-electron chi connectivity index (χ1n) is 25.2. The van der Waals surface area contributed by atoms with Crippen molar-refractivity contribution in [3.63, 3.8) is 0 Å². The van der Waals surface area contributed by atoms with Crippen molar-refractivity contribution < 1.29 is 38.4 Å². The number of hydrogen-bond acceptors (Lipinski definition) is 10. The molecule has 18 heteroatoms. The number of carbonyl (C=O) groups is 8. The fourth-order valence-electron chi connectivity index (χ4n) is 10.4. The lowest BCUT2D eigenvalue weighted by atomic mass is 9.85. The molecule has 392 valence electrons. The zero-order valence-corrected chi connectivity index (χ0v) is 44.5. The van der Waals surface area contributed by atoms with E-state index < -0.39 is 53.5 Å².